The minimum atomic E-state index is -0.0179. The number of nitrogens with zero attached hydrogens (tertiary/aromatic N) is 1. The van der Waals surface area contributed by atoms with Crippen LogP contribution in [0.5, 0.6) is 0 Å². The number of allylic oxidation sites excluding steroid dienone is 8. The molecule has 0 spiro atoms. The van der Waals surface area contributed by atoms with E-state index < -0.39 is 0 Å². The Hall–Kier alpha value is -2.11. The van der Waals surface area contributed by atoms with Gasteiger partial charge in [0.1, 0.15) is 0 Å². The van der Waals surface area contributed by atoms with Crippen LogP contribution in [-0.4, -0.2) is 44.0 Å². The molecule has 2 unspecified atom stereocenters. The first kappa shape index (κ1) is 17.3. The number of amides is 1. The van der Waals surface area contributed by atoms with E-state index in [1.54, 1.807) is 0 Å². The molecule has 0 fully saturated rings. The fourth-order valence-electron chi connectivity index (χ4n) is 3.72. The van der Waals surface area contributed by atoms with Gasteiger partial charge in [-0.05, 0) is 37.4 Å². The molecule has 5 heteroatoms. The predicted molar refractivity (Wildman–Crippen MR) is 109 cm³/mol. The van der Waals surface area contributed by atoms with Crippen LogP contribution in [0, 0.1) is 5.92 Å². The van der Waals surface area contributed by atoms with Gasteiger partial charge in [-0.25, -0.2) is 0 Å². The zero-order chi connectivity index (χ0) is 18.3. The lowest BCUT2D eigenvalue weighted by atomic mass is 9.79. The summed E-state index contributed by atoms with van der Waals surface area (Å²) in [7, 11) is 4.01. The molecule has 1 heterocycles. The van der Waals surface area contributed by atoms with E-state index in [1.807, 2.05) is 20.2 Å². The quantitative estimate of drug-likeness (QED) is 0.747. The number of hydrogen-bond acceptors (Lipinski definition) is 3. The third kappa shape index (κ3) is 3.06. The van der Waals surface area contributed by atoms with Crippen molar-refractivity contribution in [2.75, 3.05) is 27.2 Å². The van der Waals surface area contributed by atoms with E-state index >= 15 is 0 Å². The largest absolute Gasteiger partial charge is 0.374 e. The molecular formula is C21H22BrN3O. The summed E-state index contributed by atoms with van der Waals surface area (Å²) in [6.45, 7) is 1.46. The molecule has 2 atom stereocenters. The van der Waals surface area contributed by atoms with Gasteiger partial charge in [0.25, 0.3) is 0 Å². The van der Waals surface area contributed by atoms with Crippen molar-refractivity contribution in [1.82, 2.24) is 15.5 Å². The van der Waals surface area contributed by atoms with Crippen molar-refractivity contribution in [1.29, 1.82) is 0 Å². The standard InChI is InChI=1S/C21H22BrN3O/c1-25(2)10-9-23-21(26)18-12-17-15-5-3-4-6-19(15)24-20(17)16-11-13(22)7-8-14(16)18/h3-8,11-12,14,19,24H,9-10H2,1-2H3,(H,23,26). The first-order chi connectivity index (χ1) is 12.5. The van der Waals surface area contributed by atoms with Gasteiger partial charge in [-0.2, -0.15) is 0 Å². The highest BCUT2D eigenvalue weighted by molar-refractivity contribution is 9.11. The molecule has 3 aliphatic carbocycles. The van der Waals surface area contributed by atoms with E-state index in [2.05, 4.69) is 74.0 Å². The lowest BCUT2D eigenvalue weighted by molar-refractivity contribution is -0.117. The smallest absolute Gasteiger partial charge is 0.248 e. The lowest BCUT2D eigenvalue weighted by Gasteiger charge is -2.28. The molecule has 26 heavy (non-hydrogen) atoms. The molecule has 0 radical (unpaired) electrons. The van der Waals surface area contributed by atoms with Gasteiger partial charge >= 0.3 is 0 Å². The maximum absolute atomic E-state index is 12.9. The molecule has 2 N–H and O–H groups in total. The number of hydrogen-bond donors (Lipinski definition) is 2. The van der Waals surface area contributed by atoms with Crippen LogP contribution in [0.3, 0.4) is 0 Å². The summed E-state index contributed by atoms with van der Waals surface area (Å²) < 4.78 is 1.03. The Labute approximate surface area is 162 Å². The SMILES string of the molecule is CN(C)CCNC(=O)C1=CC2=C3C=CC=CC3NC2=C2C=C(Br)C=CC12. The molecule has 4 aliphatic rings. The summed E-state index contributed by atoms with van der Waals surface area (Å²) in [6.07, 6.45) is 16.7. The van der Waals surface area contributed by atoms with Crippen LogP contribution >= 0.6 is 15.9 Å². The van der Waals surface area contributed by atoms with E-state index in [1.165, 1.54) is 5.57 Å². The van der Waals surface area contributed by atoms with Gasteiger partial charge in [-0.3, -0.25) is 4.79 Å². The molecule has 0 aromatic carbocycles. The van der Waals surface area contributed by atoms with Crippen molar-refractivity contribution in [2.24, 2.45) is 5.92 Å². The van der Waals surface area contributed by atoms with Crippen LogP contribution in [0.1, 0.15) is 0 Å². The minimum Gasteiger partial charge on any atom is -0.374 e. The Morgan fingerprint density at radius 1 is 1.19 bits per heavy atom. The zero-order valence-corrected chi connectivity index (χ0v) is 16.5. The molecule has 134 valence electrons. The van der Waals surface area contributed by atoms with Crippen LogP contribution in [0.25, 0.3) is 0 Å². The molecule has 0 saturated carbocycles. The Balaban J connectivity index is 1.71. The number of rotatable bonds is 4. The highest BCUT2D eigenvalue weighted by atomic mass is 79.9. The van der Waals surface area contributed by atoms with Crippen molar-refractivity contribution in [2.45, 2.75) is 6.04 Å². The monoisotopic (exact) mass is 411 g/mol. The maximum Gasteiger partial charge on any atom is 0.248 e. The van der Waals surface area contributed by atoms with Gasteiger partial charge in [0.05, 0.1) is 6.04 Å². The first-order valence-corrected chi connectivity index (χ1v) is 9.64. The molecule has 4 nitrogen and oxygen atoms in total. The van der Waals surface area contributed by atoms with Crippen molar-refractivity contribution >= 4 is 21.8 Å². The van der Waals surface area contributed by atoms with Crippen molar-refractivity contribution in [3.63, 3.8) is 0 Å². The molecule has 1 amide bonds. The Kier molecular flexibility index (Phi) is 4.59. The summed E-state index contributed by atoms with van der Waals surface area (Å²) in [5, 5.41) is 6.68. The first-order valence-electron chi connectivity index (χ1n) is 8.84. The number of carbonyl (C=O) groups excluding carboxylic acids is 1. The van der Waals surface area contributed by atoms with Gasteiger partial charge in [-0.1, -0.05) is 52.4 Å². The van der Waals surface area contributed by atoms with Crippen LogP contribution in [0.15, 0.2) is 81.1 Å². The highest BCUT2D eigenvalue weighted by Gasteiger charge is 2.36. The minimum absolute atomic E-state index is 0.0105. The van der Waals surface area contributed by atoms with E-state index in [0.717, 1.165) is 33.4 Å². The Morgan fingerprint density at radius 3 is 2.85 bits per heavy atom. The molecule has 0 saturated heterocycles. The second-order valence-corrected chi connectivity index (χ2v) is 8.01. The van der Waals surface area contributed by atoms with Crippen LogP contribution in [0.4, 0.5) is 0 Å². The zero-order valence-electron chi connectivity index (χ0n) is 14.9. The van der Waals surface area contributed by atoms with E-state index in [0.29, 0.717) is 6.54 Å². The fourth-order valence-corrected chi connectivity index (χ4v) is 4.12. The Morgan fingerprint density at radius 2 is 2.04 bits per heavy atom. The van der Waals surface area contributed by atoms with Gasteiger partial charge in [0, 0.05) is 40.3 Å². The molecule has 0 bridgehead atoms. The van der Waals surface area contributed by atoms with Gasteiger partial charge in [0.15, 0.2) is 0 Å². The number of likely N-dealkylation sites (N-methyl/N-ethyl adjacent to an activating group) is 1. The summed E-state index contributed by atoms with van der Waals surface area (Å²) in [5.74, 6) is -0.00743. The second kappa shape index (κ2) is 6.89. The van der Waals surface area contributed by atoms with E-state index in [9.17, 15) is 4.79 Å². The predicted octanol–water partition coefficient (Wildman–Crippen LogP) is 2.72. The number of fused-ring (bicyclic) bond motifs is 3. The highest BCUT2D eigenvalue weighted by Crippen LogP contribution is 2.43. The average molecular weight is 412 g/mol. The normalized spacial score (nSPS) is 25.5. The molecule has 4 rings (SSSR count). The summed E-state index contributed by atoms with van der Waals surface area (Å²) >= 11 is 3.58. The van der Waals surface area contributed by atoms with Crippen molar-refractivity contribution in [3.05, 3.63) is 81.1 Å². The third-order valence-corrected chi connectivity index (χ3v) is 5.51. The molecule has 0 aromatic rings. The lowest BCUT2D eigenvalue weighted by Crippen LogP contribution is -2.35. The van der Waals surface area contributed by atoms with Crippen LogP contribution < -0.4 is 10.6 Å². The fraction of sp³-hybridized carbons (Fsp3) is 0.286. The van der Waals surface area contributed by atoms with Gasteiger partial charge < -0.3 is 15.5 Å². The van der Waals surface area contributed by atoms with Gasteiger partial charge in [0.2, 0.25) is 5.91 Å². The number of nitrogens with one attached hydrogen (secondary N) is 2. The summed E-state index contributed by atoms with van der Waals surface area (Å²) in [5.41, 5.74) is 5.45. The third-order valence-electron chi connectivity index (χ3n) is 5.01. The summed E-state index contributed by atoms with van der Waals surface area (Å²) in [4.78, 5) is 15.0. The second-order valence-electron chi connectivity index (χ2n) is 7.09. The number of carbonyl (C=O) groups is 1. The topological polar surface area (TPSA) is 44.4 Å². The van der Waals surface area contributed by atoms with Crippen molar-refractivity contribution in [3.8, 4) is 0 Å². The maximum atomic E-state index is 12.9. The molecule has 1 aliphatic heterocycles. The summed E-state index contributed by atoms with van der Waals surface area (Å²) in [6, 6.07) is 0.184. The molecular weight excluding hydrogens is 390 g/mol. The van der Waals surface area contributed by atoms with Crippen molar-refractivity contribution < 1.29 is 4.79 Å². The number of halogens is 1. The average Bonchev–Trinajstić information content (AvgIpc) is 2.99. The van der Waals surface area contributed by atoms with E-state index in [4.69, 9.17) is 0 Å². The Bertz CT molecular complexity index is 868. The van der Waals surface area contributed by atoms with Gasteiger partial charge in [-0.15, -0.1) is 0 Å². The molecule has 0 aromatic heterocycles. The van der Waals surface area contributed by atoms with Crippen LogP contribution in [0.2, 0.25) is 0 Å². The van der Waals surface area contributed by atoms with E-state index in [-0.39, 0.29) is 17.9 Å². The van der Waals surface area contributed by atoms with Crippen LogP contribution in [-0.2, 0) is 4.79 Å².